The minimum Gasteiger partial charge on any atom is -0.504 e. The van der Waals surface area contributed by atoms with Gasteiger partial charge in [-0.3, -0.25) is 42.9 Å². The van der Waals surface area contributed by atoms with Gasteiger partial charge in [0.05, 0.1) is 37.4 Å². The molecule has 485 valence electrons. The van der Waals surface area contributed by atoms with Crippen LogP contribution >= 0.6 is 0 Å². The number of nitrogens with two attached hydrogens (primary N) is 1. The van der Waals surface area contributed by atoms with Gasteiger partial charge in [0.15, 0.2) is 23.5 Å². The number of primary amides is 1. The number of unbranched alkanes of at least 4 members (excludes halogenated alkanes) is 2. The van der Waals surface area contributed by atoms with Gasteiger partial charge in [0.2, 0.25) is 41.4 Å². The van der Waals surface area contributed by atoms with Crippen molar-refractivity contribution in [1.82, 2.24) is 41.5 Å². The maximum Gasteiger partial charge on any atom is 0.446 e. The van der Waals surface area contributed by atoms with Crippen molar-refractivity contribution >= 4 is 87.2 Å². The summed E-state index contributed by atoms with van der Waals surface area (Å²) in [7, 11) is -5.35. The number of hydrogen-bond acceptors (Lipinski definition) is 23. The number of aromatic nitrogens is 1. The first kappa shape index (κ1) is 71.7. The van der Waals surface area contributed by atoms with Crippen molar-refractivity contribution in [1.29, 1.82) is 0 Å². The van der Waals surface area contributed by atoms with E-state index in [1.165, 1.54) is 31.2 Å². The van der Waals surface area contributed by atoms with Crippen LogP contribution in [0.4, 0.5) is 0 Å². The van der Waals surface area contributed by atoms with Crippen LogP contribution in [-0.4, -0.2) is 249 Å². The minimum atomic E-state index is -5.35. The van der Waals surface area contributed by atoms with E-state index in [0.29, 0.717) is 56.9 Å². The second-order valence-corrected chi connectivity index (χ2v) is 22.9. The smallest absolute Gasteiger partial charge is 0.446 e. The molecule has 0 saturated carbocycles. The molecule has 32 nitrogen and oxygen atoms in total. The maximum absolute atomic E-state index is 14.7. The number of benzene rings is 3. The summed E-state index contributed by atoms with van der Waals surface area (Å²) in [6.07, 6.45) is -17.3. The number of aliphatic hydroxyl groups excluding tert-OH is 8. The molecule has 0 aliphatic carbocycles. The molecule has 1 aromatic heterocycles. The Balaban J connectivity index is 0.0000129. The molecule has 3 aromatic carbocycles. The molecule has 0 spiro atoms. The molecule has 0 bridgehead atoms. The summed E-state index contributed by atoms with van der Waals surface area (Å²) >= 11 is 0. The van der Waals surface area contributed by atoms with Crippen molar-refractivity contribution in [2.45, 2.75) is 145 Å². The Bertz CT molecular complexity index is 3340. The van der Waals surface area contributed by atoms with Crippen molar-refractivity contribution in [3.63, 3.8) is 0 Å². The number of hydrogen-bond donors (Lipinski definition) is 16. The number of phenols is 1. The van der Waals surface area contributed by atoms with Gasteiger partial charge < -0.3 is 102 Å². The summed E-state index contributed by atoms with van der Waals surface area (Å²) in [5.74, 6) is -12.9. The fraction of sp³-hybridized carbons (Fsp3) is 0.482. The van der Waals surface area contributed by atoms with E-state index >= 15 is 0 Å². The summed E-state index contributed by atoms with van der Waals surface area (Å²) in [6, 6.07) is 3.52. The van der Waals surface area contributed by atoms with Gasteiger partial charge in [-0.05, 0) is 67.4 Å². The zero-order valence-corrected chi connectivity index (χ0v) is 51.9. The summed E-state index contributed by atoms with van der Waals surface area (Å²) in [5, 5.41) is 116. The summed E-state index contributed by atoms with van der Waals surface area (Å²) in [4.78, 5) is 115. The molecule has 3 fully saturated rings. The number of aliphatic hydroxyl groups is 8. The van der Waals surface area contributed by atoms with Gasteiger partial charge in [0.1, 0.15) is 66.0 Å². The van der Waals surface area contributed by atoms with Crippen LogP contribution < -0.4 is 41.2 Å². The van der Waals surface area contributed by atoms with Crippen molar-refractivity contribution in [3.05, 3.63) is 83.9 Å². The van der Waals surface area contributed by atoms with E-state index in [-0.39, 0.29) is 35.1 Å². The molecule has 3 aliphatic rings. The zero-order valence-electron chi connectivity index (χ0n) is 49.1. The number of rotatable bonds is 18. The second kappa shape index (κ2) is 31.1. The molecule has 15 atom stereocenters. The summed E-state index contributed by atoms with van der Waals surface area (Å²) < 4.78 is 48.1. The number of carbonyl (C=O) groups is 8. The fourth-order valence-electron chi connectivity index (χ4n) is 10.3. The van der Waals surface area contributed by atoms with E-state index in [1.54, 1.807) is 30.3 Å². The van der Waals surface area contributed by atoms with Gasteiger partial charge in [0.25, 0.3) is 5.91 Å². The first-order valence-electron chi connectivity index (χ1n) is 28.1. The molecular formula is C56H71N9NaO23S. The largest absolute Gasteiger partial charge is 0.504 e. The van der Waals surface area contributed by atoms with E-state index in [1.807, 2.05) is 10.6 Å². The average Bonchev–Trinajstić information content (AvgIpc) is 2.24. The number of aromatic hydroxyl groups is 1. The predicted molar refractivity (Wildman–Crippen MR) is 310 cm³/mol. The zero-order chi connectivity index (χ0) is 65.3. The van der Waals surface area contributed by atoms with Crippen LogP contribution in [0.1, 0.15) is 81.3 Å². The molecule has 4 heterocycles. The quantitative estimate of drug-likeness (QED) is 0.0255. The van der Waals surface area contributed by atoms with Crippen LogP contribution in [0, 0.1) is 5.92 Å². The number of amides is 8. The molecule has 1 radical (unpaired) electrons. The molecule has 34 heteroatoms. The van der Waals surface area contributed by atoms with Gasteiger partial charge in [-0.15, -0.1) is 0 Å². The Kier molecular flexibility index (Phi) is 24.8. The molecule has 90 heavy (non-hydrogen) atoms. The van der Waals surface area contributed by atoms with E-state index in [0.717, 1.165) is 32.3 Å². The second-order valence-electron chi connectivity index (χ2n) is 21.9. The molecule has 7 rings (SSSR count). The Hall–Kier alpha value is -7.38. The van der Waals surface area contributed by atoms with E-state index in [9.17, 15) is 97.3 Å². The monoisotopic (exact) mass is 1290 g/mol. The third kappa shape index (κ3) is 17.8. The average molecular weight is 1290 g/mol. The third-order valence-electron chi connectivity index (χ3n) is 15.2. The third-order valence-corrected chi connectivity index (χ3v) is 15.6. The Morgan fingerprint density at radius 1 is 0.789 bits per heavy atom. The van der Waals surface area contributed by atoms with Gasteiger partial charge >= 0.3 is 10.4 Å². The number of fused-ring (bicyclic) bond motifs is 2. The number of nitrogens with zero attached hydrogens (tertiary/aromatic N) is 3. The molecule has 0 unspecified atom stereocenters. The van der Waals surface area contributed by atoms with Crippen LogP contribution in [0.25, 0.3) is 22.6 Å². The van der Waals surface area contributed by atoms with E-state index in [2.05, 4.69) is 32.2 Å². The molecule has 17 N–H and O–H groups in total. The molecule has 4 aromatic rings. The van der Waals surface area contributed by atoms with Gasteiger partial charge in [-0.25, -0.2) is 0 Å². The topological polar surface area (TPSA) is 510 Å². The Morgan fingerprint density at radius 2 is 1.42 bits per heavy atom. The molecule has 3 aliphatic heterocycles. The predicted octanol–water partition coefficient (Wildman–Crippen LogP) is -4.28. The van der Waals surface area contributed by atoms with Gasteiger partial charge in [-0.1, -0.05) is 50.0 Å². The normalized spacial score (nSPS) is 26.2. The van der Waals surface area contributed by atoms with Crippen molar-refractivity contribution in [3.8, 4) is 39.8 Å². The standard InChI is InChI=1S/C56H71N9O23S.Na/c1-4-5-6-17-86-32-14-11-28(12-15-32)39-21-33(63-87-39)27-7-9-29(10-8-27)49(75)58-34-20-38(70)52(78)62-54(80)45-46(72)25(2)23-65(45)56(82)43(37(69)22-41(57)71)60-53(79)44(48(74)47(73)30-13-16-36(68)40(18-30)88-89(83,84)85)61-51(77)35-19-31(67)24-64(35)55(81)42(26(3)66)59-50(34)76;/h7-16,18,21,25-26,31,34-35,37-38,42-48,52,66-70,72-74,78H,4-6,17,19-20,22-24H2,1-3H3,(H2,57,71)(H,58,75)(H,59,76)(H,60,79)(H,61,77)(H,62,80)(H,83,84,85);/t25-,26-,31+,34-,35-,37+,38+,42-,43-,44-,45-,46-,47-,48-,52+;/m0./s1. The Labute approximate surface area is 536 Å². The number of nitrogens with one attached hydrogen (secondary N) is 5. The summed E-state index contributed by atoms with van der Waals surface area (Å²) in [6.45, 7) is 3.74. The fourth-order valence-corrected chi connectivity index (χ4v) is 10.7. The molecule has 3 saturated heterocycles. The first-order valence-corrected chi connectivity index (χ1v) is 29.5. The van der Waals surface area contributed by atoms with Gasteiger partial charge in [0, 0.05) is 84.2 Å². The van der Waals surface area contributed by atoms with Crippen molar-refractivity contribution in [2.75, 3.05) is 19.7 Å². The van der Waals surface area contributed by atoms with E-state index < -0.39 is 198 Å². The summed E-state index contributed by atoms with van der Waals surface area (Å²) in [5.41, 5.74) is 6.17. The number of phenolic OH excluding ortho intramolecular Hbond substituents is 1. The van der Waals surface area contributed by atoms with Gasteiger partial charge in [-0.2, -0.15) is 8.42 Å². The number of ether oxygens (including phenoxy) is 1. The molecule has 8 amide bonds. The van der Waals surface area contributed by atoms with Crippen LogP contribution in [0.5, 0.6) is 17.2 Å². The van der Waals surface area contributed by atoms with Crippen LogP contribution in [-0.2, 0) is 44.0 Å². The minimum absolute atomic E-state index is 0. The number of carbonyl (C=O) groups excluding carboxylic acids is 8. The van der Waals surface area contributed by atoms with Crippen molar-refractivity contribution < 1.29 is 111 Å². The maximum atomic E-state index is 14.7. The first-order chi connectivity index (χ1) is 42.0. The molecular weight excluding hydrogens is 1220 g/mol. The Morgan fingerprint density at radius 3 is 2.06 bits per heavy atom. The van der Waals surface area contributed by atoms with Crippen LogP contribution in [0.15, 0.2) is 77.3 Å². The van der Waals surface area contributed by atoms with Crippen LogP contribution in [0.2, 0.25) is 0 Å². The van der Waals surface area contributed by atoms with Crippen LogP contribution in [0.3, 0.4) is 0 Å². The van der Waals surface area contributed by atoms with E-state index in [4.69, 9.17) is 15.0 Å². The van der Waals surface area contributed by atoms with Crippen molar-refractivity contribution in [2.24, 2.45) is 11.7 Å². The SMILES string of the molecule is CCCCCOc1ccc(-c2cc(-c3ccc(C(=O)N[C@H]4C[C@@H](O)[C@@H](O)NC(=O)[C@@H]5[C@@H](O)[C@@H](C)CN5C(=O)[C@H]([C@H](O)CC(N)=O)NC(=O)[C@H]([C@H](O)[C@@H](O)c5ccc(O)c(OS(=O)(=O)O)c5)NC(=O)[C@@H]5C[C@@H](O)CN5C(=O)[C@H]([C@H](C)O)NC4=O)cc3)no2)cc1.[Na].